The van der Waals surface area contributed by atoms with Gasteiger partial charge in [0, 0.05) is 12.0 Å². The van der Waals surface area contributed by atoms with Crippen LogP contribution in [0.5, 0.6) is 5.75 Å². The molecule has 2 rings (SSSR count). The number of phenolic OH excluding ortho intramolecular Hbond substituents is 1. The van der Waals surface area contributed by atoms with Crippen LogP contribution in [0, 0.1) is 0 Å². The van der Waals surface area contributed by atoms with Gasteiger partial charge in [-0.1, -0.05) is 18.2 Å². The molecule has 2 aromatic carbocycles. The Kier molecular flexibility index (Phi) is 4.22. The molecule has 0 aromatic heterocycles. The quantitative estimate of drug-likeness (QED) is 0.730. The number of rotatable bonds is 5. The maximum absolute atomic E-state index is 12.2. The maximum Gasteiger partial charge on any atom is 0.336 e. The van der Waals surface area contributed by atoms with Gasteiger partial charge in [-0.15, -0.1) is 0 Å². The molecule has 6 heteroatoms. The lowest BCUT2D eigenvalue weighted by Crippen LogP contribution is -2.11. The number of phenols is 1. The van der Waals surface area contributed by atoms with E-state index in [2.05, 4.69) is 0 Å². The SMILES string of the molecule is O=C(Cc1ccc(O)cc1)c1ccc(C(=O)O)c(C(=O)O)c1. The Morgan fingerprint density at radius 1 is 0.818 bits per heavy atom. The average Bonchev–Trinajstić information content (AvgIpc) is 2.48. The summed E-state index contributed by atoms with van der Waals surface area (Å²) in [5, 5.41) is 27.2. The lowest BCUT2D eigenvalue weighted by molar-refractivity contribution is 0.0651. The van der Waals surface area contributed by atoms with Crippen molar-refractivity contribution in [1.82, 2.24) is 0 Å². The number of aromatic hydroxyl groups is 1. The molecule has 0 unspecified atom stereocenters. The first-order valence-electron chi connectivity index (χ1n) is 6.30. The molecule has 0 radical (unpaired) electrons. The number of hydrogen-bond acceptors (Lipinski definition) is 4. The van der Waals surface area contributed by atoms with Gasteiger partial charge in [0.2, 0.25) is 0 Å². The van der Waals surface area contributed by atoms with E-state index >= 15 is 0 Å². The number of carbonyl (C=O) groups excluding carboxylic acids is 1. The first-order chi connectivity index (χ1) is 10.4. The fraction of sp³-hybridized carbons (Fsp3) is 0.0625. The maximum atomic E-state index is 12.2. The predicted molar refractivity (Wildman–Crippen MR) is 76.5 cm³/mol. The molecule has 22 heavy (non-hydrogen) atoms. The van der Waals surface area contributed by atoms with Gasteiger partial charge < -0.3 is 15.3 Å². The van der Waals surface area contributed by atoms with Gasteiger partial charge in [-0.25, -0.2) is 9.59 Å². The van der Waals surface area contributed by atoms with Crippen LogP contribution in [-0.2, 0) is 6.42 Å². The van der Waals surface area contributed by atoms with Crippen LogP contribution in [0.4, 0.5) is 0 Å². The van der Waals surface area contributed by atoms with E-state index in [1.807, 2.05) is 0 Å². The number of ketones is 1. The summed E-state index contributed by atoms with van der Waals surface area (Å²) in [5.74, 6) is -3.04. The van der Waals surface area contributed by atoms with Gasteiger partial charge in [-0.3, -0.25) is 4.79 Å². The Bertz CT molecular complexity index is 746. The molecule has 0 aliphatic carbocycles. The van der Waals surface area contributed by atoms with E-state index in [9.17, 15) is 19.5 Å². The predicted octanol–water partition coefficient (Wildman–Crippen LogP) is 2.21. The van der Waals surface area contributed by atoms with Crippen LogP contribution in [0.25, 0.3) is 0 Å². The Labute approximate surface area is 125 Å². The molecule has 0 aliphatic heterocycles. The summed E-state index contributed by atoms with van der Waals surface area (Å²) in [7, 11) is 0. The lowest BCUT2D eigenvalue weighted by Gasteiger charge is -2.06. The number of benzene rings is 2. The number of Topliss-reactive ketones (excluding diaryl/α,β-unsaturated/α-hetero) is 1. The molecular formula is C16H12O6. The Morgan fingerprint density at radius 2 is 1.41 bits per heavy atom. The van der Waals surface area contributed by atoms with Crippen LogP contribution in [0.3, 0.4) is 0 Å². The van der Waals surface area contributed by atoms with Gasteiger partial charge in [0.05, 0.1) is 11.1 Å². The van der Waals surface area contributed by atoms with Crippen LogP contribution in [0.15, 0.2) is 42.5 Å². The van der Waals surface area contributed by atoms with E-state index in [0.717, 1.165) is 12.1 Å². The lowest BCUT2D eigenvalue weighted by atomic mass is 9.98. The molecule has 0 amide bonds. The van der Waals surface area contributed by atoms with Crippen molar-refractivity contribution in [3.05, 3.63) is 64.7 Å². The zero-order valence-corrected chi connectivity index (χ0v) is 11.3. The van der Waals surface area contributed by atoms with Gasteiger partial charge in [0.1, 0.15) is 5.75 Å². The minimum Gasteiger partial charge on any atom is -0.508 e. The van der Waals surface area contributed by atoms with Crippen LogP contribution in [0.2, 0.25) is 0 Å². The monoisotopic (exact) mass is 300 g/mol. The standard InChI is InChI=1S/C16H12O6/c17-11-4-1-9(2-5-11)7-14(18)10-3-6-12(15(19)20)13(8-10)16(21)22/h1-6,8,17H,7H2,(H,19,20)(H,21,22). The largest absolute Gasteiger partial charge is 0.508 e. The molecule has 2 aromatic rings. The van der Waals surface area contributed by atoms with Gasteiger partial charge in [-0.05, 0) is 29.8 Å². The highest BCUT2D eigenvalue weighted by Crippen LogP contribution is 2.16. The number of hydrogen-bond donors (Lipinski definition) is 3. The van der Waals surface area contributed by atoms with Gasteiger partial charge in [0.25, 0.3) is 0 Å². The highest BCUT2D eigenvalue weighted by molar-refractivity contribution is 6.05. The minimum absolute atomic E-state index is 0.0196. The summed E-state index contributed by atoms with van der Waals surface area (Å²) in [6.45, 7) is 0. The number of carboxylic acids is 2. The summed E-state index contributed by atoms with van der Waals surface area (Å²) in [4.78, 5) is 34.2. The fourth-order valence-electron chi connectivity index (χ4n) is 1.98. The van der Waals surface area contributed by atoms with Crippen molar-refractivity contribution in [3.63, 3.8) is 0 Å². The normalized spacial score (nSPS) is 10.2. The third-order valence-corrected chi connectivity index (χ3v) is 3.10. The summed E-state index contributed by atoms with van der Waals surface area (Å²) in [6.07, 6.45) is 0.0196. The number of aromatic carboxylic acids is 2. The van der Waals surface area contributed by atoms with E-state index in [1.165, 1.54) is 18.2 Å². The van der Waals surface area contributed by atoms with Crippen molar-refractivity contribution in [2.45, 2.75) is 6.42 Å². The molecule has 0 fully saturated rings. The molecule has 0 saturated carbocycles. The third kappa shape index (κ3) is 3.29. The topological polar surface area (TPSA) is 112 Å². The van der Waals surface area contributed by atoms with E-state index in [1.54, 1.807) is 12.1 Å². The zero-order valence-electron chi connectivity index (χ0n) is 11.3. The zero-order chi connectivity index (χ0) is 16.3. The second kappa shape index (κ2) is 6.09. The van der Waals surface area contributed by atoms with Crippen LogP contribution < -0.4 is 0 Å². The number of carboxylic acid groups (broad SMARTS) is 2. The Balaban J connectivity index is 2.30. The van der Waals surface area contributed by atoms with Crippen molar-refractivity contribution < 1.29 is 29.7 Å². The molecule has 0 heterocycles. The molecule has 0 bridgehead atoms. The van der Waals surface area contributed by atoms with Gasteiger partial charge in [0.15, 0.2) is 5.78 Å². The van der Waals surface area contributed by atoms with Crippen molar-refractivity contribution in [1.29, 1.82) is 0 Å². The van der Waals surface area contributed by atoms with E-state index in [0.29, 0.717) is 5.56 Å². The highest BCUT2D eigenvalue weighted by Gasteiger charge is 2.18. The van der Waals surface area contributed by atoms with Crippen LogP contribution in [0.1, 0.15) is 36.6 Å². The van der Waals surface area contributed by atoms with Crippen molar-refractivity contribution in [3.8, 4) is 5.75 Å². The molecule has 6 nitrogen and oxygen atoms in total. The number of carbonyl (C=O) groups is 3. The molecule has 3 N–H and O–H groups in total. The smallest absolute Gasteiger partial charge is 0.336 e. The van der Waals surface area contributed by atoms with E-state index < -0.39 is 17.5 Å². The summed E-state index contributed by atoms with van der Waals surface area (Å²) >= 11 is 0. The highest BCUT2D eigenvalue weighted by atomic mass is 16.4. The second-order valence-electron chi connectivity index (χ2n) is 4.64. The molecule has 0 saturated heterocycles. The van der Waals surface area contributed by atoms with Crippen LogP contribution >= 0.6 is 0 Å². The first kappa shape index (κ1) is 15.2. The Morgan fingerprint density at radius 3 is 1.95 bits per heavy atom. The summed E-state index contributed by atoms with van der Waals surface area (Å²) in [6, 6.07) is 9.51. The fourth-order valence-corrected chi connectivity index (χ4v) is 1.98. The first-order valence-corrected chi connectivity index (χ1v) is 6.30. The van der Waals surface area contributed by atoms with Crippen molar-refractivity contribution in [2.75, 3.05) is 0 Å². The summed E-state index contributed by atoms with van der Waals surface area (Å²) < 4.78 is 0. The van der Waals surface area contributed by atoms with Gasteiger partial charge >= 0.3 is 11.9 Å². The third-order valence-electron chi connectivity index (χ3n) is 3.10. The molecule has 0 spiro atoms. The molecule has 112 valence electrons. The van der Waals surface area contributed by atoms with Gasteiger partial charge in [-0.2, -0.15) is 0 Å². The average molecular weight is 300 g/mol. The van der Waals surface area contributed by atoms with Crippen LogP contribution in [-0.4, -0.2) is 33.0 Å². The molecular weight excluding hydrogens is 288 g/mol. The minimum atomic E-state index is -1.41. The van der Waals surface area contributed by atoms with E-state index in [-0.39, 0.29) is 29.1 Å². The van der Waals surface area contributed by atoms with Crippen molar-refractivity contribution in [2.24, 2.45) is 0 Å². The van der Waals surface area contributed by atoms with Crippen molar-refractivity contribution >= 4 is 17.7 Å². The second-order valence-corrected chi connectivity index (χ2v) is 4.64. The molecule has 0 atom stereocenters. The Hall–Kier alpha value is -3.15. The molecule has 0 aliphatic rings. The van der Waals surface area contributed by atoms with E-state index in [4.69, 9.17) is 10.2 Å². The summed E-state index contributed by atoms with van der Waals surface area (Å²) in [5.41, 5.74) is -0.0183.